The third kappa shape index (κ3) is 4.72. The lowest BCUT2D eigenvalue weighted by Crippen LogP contribution is -2.45. The molecule has 30 heavy (non-hydrogen) atoms. The van der Waals surface area contributed by atoms with Crippen LogP contribution in [0.4, 0.5) is 0 Å². The van der Waals surface area contributed by atoms with E-state index in [0.29, 0.717) is 42.4 Å². The lowest BCUT2D eigenvalue weighted by molar-refractivity contribution is -0.127. The number of likely N-dealkylation sites (tertiary alicyclic amines) is 1. The van der Waals surface area contributed by atoms with Crippen LogP contribution in [-0.2, 0) is 4.79 Å². The molecule has 2 aromatic rings. The molecular weight excluding hydrogens is 398 g/mol. The molecule has 1 aromatic heterocycles. The number of rotatable bonds is 5. The summed E-state index contributed by atoms with van der Waals surface area (Å²) < 4.78 is 2.11. The number of hydrogen-bond donors (Lipinski definition) is 1. The molecule has 5 nitrogen and oxygen atoms in total. The highest BCUT2D eigenvalue weighted by molar-refractivity contribution is 6.33. The number of aromatic nitrogens is 1. The maximum absolute atomic E-state index is 13.2. The van der Waals surface area contributed by atoms with Crippen LogP contribution >= 0.6 is 11.6 Å². The number of nitrogens with one attached hydrogen (secondary N) is 1. The molecule has 1 aromatic carbocycles. The molecule has 1 fully saturated rings. The molecular formula is C24H32ClN3O2. The minimum absolute atomic E-state index is 0.0396. The highest BCUT2D eigenvalue weighted by Crippen LogP contribution is 2.26. The van der Waals surface area contributed by atoms with Gasteiger partial charge in [0.15, 0.2) is 0 Å². The van der Waals surface area contributed by atoms with Crippen LogP contribution in [0.25, 0.3) is 5.69 Å². The summed E-state index contributed by atoms with van der Waals surface area (Å²) in [6.07, 6.45) is 1.35. The largest absolute Gasteiger partial charge is 0.353 e. The number of nitrogens with zero attached hydrogens (tertiary/aromatic N) is 2. The second-order valence-corrected chi connectivity index (χ2v) is 9.13. The van der Waals surface area contributed by atoms with Crippen molar-refractivity contribution in [2.75, 3.05) is 13.1 Å². The van der Waals surface area contributed by atoms with Gasteiger partial charge in [0.05, 0.1) is 10.6 Å². The fourth-order valence-corrected chi connectivity index (χ4v) is 4.11. The number of aryl methyl sites for hydroxylation is 2. The highest BCUT2D eigenvalue weighted by Gasteiger charge is 2.29. The van der Waals surface area contributed by atoms with Gasteiger partial charge in [0.25, 0.3) is 5.91 Å². The number of piperidine rings is 1. The topological polar surface area (TPSA) is 54.3 Å². The van der Waals surface area contributed by atoms with Crippen molar-refractivity contribution in [3.8, 4) is 5.69 Å². The van der Waals surface area contributed by atoms with Gasteiger partial charge in [-0.05, 0) is 69.9 Å². The van der Waals surface area contributed by atoms with Crippen LogP contribution in [0.1, 0.15) is 55.4 Å². The SMILES string of the molecule is Cc1ccc(C)n1-c1ccc(Cl)c(C(=O)N2CCC(C(=O)NC(C)C(C)C)CC2)c1. The van der Waals surface area contributed by atoms with Crippen molar-refractivity contribution in [3.63, 3.8) is 0 Å². The van der Waals surface area contributed by atoms with E-state index in [1.807, 2.05) is 37.8 Å². The zero-order chi connectivity index (χ0) is 22.0. The van der Waals surface area contributed by atoms with E-state index in [4.69, 9.17) is 11.6 Å². The van der Waals surface area contributed by atoms with Gasteiger partial charge in [0.1, 0.15) is 0 Å². The standard InChI is InChI=1S/C24H32ClN3O2/c1-15(2)18(5)26-23(29)19-10-12-27(13-11-19)24(30)21-14-20(8-9-22(21)25)28-16(3)6-7-17(28)4/h6-9,14-15,18-19H,10-13H2,1-5H3,(H,26,29). The van der Waals surface area contributed by atoms with Crippen molar-refractivity contribution in [1.29, 1.82) is 0 Å². The third-order valence-corrected chi connectivity index (χ3v) is 6.56. The fraction of sp³-hybridized carbons (Fsp3) is 0.500. The van der Waals surface area contributed by atoms with Crippen LogP contribution in [0.5, 0.6) is 0 Å². The predicted molar refractivity (Wildman–Crippen MR) is 121 cm³/mol. The van der Waals surface area contributed by atoms with Crippen molar-refractivity contribution in [1.82, 2.24) is 14.8 Å². The van der Waals surface area contributed by atoms with Crippen LogP contribution < -0.4 is 5.32 Å². The van der Waals surface area contributed by atoms with Gasteiger partial charge in [-0.2, -0.15) is 0 Å². The Morgan fingerprint density at radius 1 is 1.03 bits per heavy atom. The first kappa shape index (κ1) is 22.4. The van der Waals surface area contributed by atoms with Gasteiger partial charge >= 0.3 is 0 Å². The van der Waals surface area contributed by atoms with Crippen molar-refractivity contribution in [2.24, 2.45) is 11.8 Å². The summed E-state index contributed by atoms with van der Waals surface area (Å²) in [5, 5.41) is 3.56. The molecule has 162 valence electrons. The van der Waals surface area contributed by atoms with E-state index < -0.39 is 0 Å². The van der Waals surface area contributed by atoms with Gasteiger partial charge in [0.2, 0.25) is 5.91 Å². The minimum atomic E-state index is -0.0706. The first-order valence-electron chi connectivity index (χ1n) is 10.7. The van der Waals surface area contributed by atoms with Gasteiger partial charge in [-0.25, -0.2) is 0 Å². The Hall–Kier alpha value is -2.27. The summed E-state index contributed by atoms with van der Waals surface area (Å²) in [4.78, 5) is 27.5. The summed E-state index contributed by atoms with van der Waals surface area (Å²) >= 11 is 6.40. The molecule has 0 spiro atoms. The normalized spacial score (nSPS) is 16.0. The molecule has 0 saturated carbocycles. The first-order valence-corrected chi connectivity index (χ1v) is 11.1. The molecule has 0 radical (unpaired) electrons. The Morgan fingerprint density at radius 3 is 2.20 bits per heavy atom. The number of halogens is 1. The molecule has 6 heteroatoms. The Kier molecular flexibility index (Phi) is 6.91. The van der Waals surface area contributed by atoms with Gasteiger partial charge in [-0.1, -0.05) is 25.4 Å². The number of amides is 2. The van der Waals surface area contributed by atoms with Gasteiger partial charge in [0, 0.05) is 42.1 Å². The van der Waals surface area contributed by atoms with Gasteiger partial charge < -0.3 is 14.8 Å². The second kappa shape index (κ2) is 9.25. The average molecular weight is 430 g/mol. The molecule has 1 aliphatic rings. The molecule has 1 atom stereocenters. The van der Waals surface area contributed by atoms with Crippen molar-refractivity contribution < 1.29 is 9.59 Å². The quantitative estimate of drug-likeness (QED) is 0.744. The Balaban J connectivity index is 1.70. The van der Waals surface area contributed by atoms with E-state index in [2.05, 4.69) is 35.9 Å². The maximum Gasteiger partial charge on any atom is 0.255 e. The molecule has 2 amide bonds. The summed E-state index contributed by atoms with van der Waals surface area (Å²) in [5.41, 5.74) is 3.66. The highest BCUT2D eigenvalue weighted by atomic mass is 35.5. The minimum Gasteiger partial charge on any atom is -0.353 e. The summed E-state index contributed by atoms with van der Waals surface area (Å²) in [6, 6.07) is 9.86. The van der Waals surface area contributed by atoms with E-state index in [0.717, 1.165) is 17.1 Å². The number of hydrogen-bond acceptors (Lipinski definition) is 2. The Bertz CT molecular complexity index is 907. The lowest BCUT2D eigenvalue weighted by Gasteiger charge is -2.32. The zero-order valence-electron chi connectivity index (χ0n) is 18.5. The van der Waals surface area contributed by atoms with Crippen LogP contribution in [0.15, 0.2) is 30.3 Å². The number of carbonyl (C=O) groups is 2. The predicted octanol–water partition coefficient (Wildman–Crippen LogP) is 4.76. The third-order valence-electron chi connectivity index (χ3n) is 6.23. The monoisotopic (exact) mass is 429 g/mol. The summed E-state index contributed by atoms with van der Waals surface area (Å²) in [5.74, 6) is 0.389. The van der Waals surface area contributed by atoms with Crippen molar-refractivity contribution >= 4 is 23.4 Å². The van der Waals surface area contributed by atoms with Crippen LogP contribution in [0.2, 0.25) is 5.02 Å². The van der Waals surface area contributed by atoms with E-state index in [9.17, 15) is 9.59 Å². The molecule has 0 aliphatic carbocycles. The zero-order valence-corrected chi connectivity index (χ0v) is 19.3. The molecule has 2 heterocycles. The number of carbonyl (C=O) groups excluding carboxylic acids is 2. The van der Waals surface area contributed by atoms with E-state index >= 15 is 0 Å². The fourth-order valence-electron chi connectivity index (χ4n) is 3.92. The van der Waals surface area contributed by atoms with E-state index in [1.165, 1.54) is 0 Å². The maximum atomic E-state index is 13.2. The lowest BCUT2D eigenvalue weighted by atomic mass is 9.94. The molecule has 1 aliphatic heterocycles. The van der Waals surface area contributed by atoms with Crippen molar-refractivity contribution in [3.05, 3.63) is 52.3 Å². The Labute approximate surface area is 184 Å². The van der Waals surface area contributed by atoms with Crippen LogP contribution in [-0.4, -0.2) is 40.4 Å². The molecule has 1 N–H and O–H groups in total. The van der Waals surface area contributed by atoms with Crippen LogP contribution in [0, 0.1) is 25.7 Å². The van der Waals surface area contributed by atoms with Gasteiger partial charge in [-0.15, -0.1) is 0 Å². The van der Waals surface area contributed by atoms with E-state index in [-0.39, 0.29) is 23.8 Å². The first-order chi connectivity index (χ1) is 14.2. The Morgan fingerprint density at radius 2 is 1.63 bits per heavy atom. The summed E-state index contributed by atoms with van der Waals surface area (Å²) in [7, 11) is 0. The summed E-state index contributed by atoms with van der Waals surface area (Å²) in [6.45, 7) is 11.4. The molecule has 1 unspecified atom stereocenters. The molecule has 3 rings (SSSR count). The van der Waals surface area contributed by atoms with Crippen LogP contribution in [0.3, 0.4) is 0 Å². The van der Waals surface area contributed by atoms with Crippen molar-refractivity contribution in [2.45, 2.75) is 53.5 Å². The average Bonchev–Trinajstić information content (AvgIpc) is 3.06. The molecule has 0 bridgehead atoms. The second-order valence-electron chi connectivity index (χ2n) is 8.72. The number of benzene rings is 1. The van der Waals surface area contributed by atoms with Gasteiger partial charge in [-0.3, -0.25) is 9.59 Å². The molecule has 1 saturated heterocycles. The van der Waals surface area contributed by atoms with E-state index in [1.54, 1.807) is 6.07 Å². The smallest absolute Gasteiger partial charge is 0.255 e.